The molecule has 2 aromatic heterocycles. The van der Waals surface area contributed by atoms with Crippen LogP contribution in [0.4, 0.5) is 11.6 Å². The van der Waals surface area contributed by atoms with Crippen LogP contribution in [0, 0.1) is 0 Å². The molecule has 1 aliphatic heterocycles. The fourth-order valence-corrected chi connectivity index (χ4v) is 4.11. The molecule has 0 bridgehead atoms. The van der Waals surface area contributed by atoms with Crippen molar-refractivity contribution < 1.29 is 9.59 Å². The third-order valence-electron chi connectivity index (χ3n) is 5.75. The lowest BCUT2D eigenvalue weighted by molar-refractivity contribution is -0.124. The number of para-hydroxylation sites is 2. The third-order valence-corrected chi connectivity index (χ3v) is 5.75. The highest BCUT2D eigenvalue weighted by atomic mass is 16.2. The van der Waals surface area contributed by atoms with Crippen LogP contribution in [0.2, 0.25) is 0 Å². The molecule has 0 saturated carbocycles. The molecule has 5 rings (SSSR count). The molecule has 0 unspecified atom stereocenters. The number of anilines is 2. The number of benzene rings is 2. The van der Waals surface area contributed by atoms with E-state index in [2.05, 4.69) is 17.2 Å². The van der Waals surface area contributed by atoms with E-state index in [-0.39, 0.29) is 18.2 Å². The quantitative estimate of drug-likeness (QED) is 0.504. The summed E-state index contributed by atoms with van der Waals surface area (Å²) in [6.07, 6.45) is 2.67. The van der Waals surface area contributed by atoms with Gasteiger partial charge < -0.3 is 5.32 Å². The molecule has 1 aliphatic rings. The number of rotatable bonds is 6. The number of amides is 2. The Kier molecular flexibility index (Phi) is 5.15. The molecule has 4 aromatic rings. The van der Waals surface area contributed by atoms with Gasteiger partial charge in [-0.15, -0.1) is 0 Å². The normalized spacial score (nSPS) is 15.2. The molecule has 2 amide bonds. The summed E-state index contributed by atoms with van der Waals surface area (Å²) in [5.74, 6) is 0.184. The predicted octanol–water partition coefficient (Wildman–Crippen LogP) is 4.11. The number of hydrogen-bond donors (Lipinski definition) is 1. The molecule has 0 spiro atoms. The zero-order valence-electron chi connectivity index (χ0n) is 17.7. The summed E-state index contributed by atoms with van der Waals surface area (Å²) in [7, 11) is 0. The first-order valence-electron chi connectivity index (χ1n) is 10.7. The van der Waals surface area contributed by atoms with Crippen molar-refractivity contribution in [2.45, 2.75) is 32.4 Å². The number of fused-ring (bicyclic) bond motifs is 3. The van der Waals surface area contributed by atoms with Crippen molar-refractivity contribution in [1.29, 1.82) is 0 Å². The Labute approximate surface area is 185 Å². The van der Waals surface area contributed by atoms with Crippen LogP contribution >= 0.6 is 0 Å². The Morgan fingerprint density at radius 3 is 2.56 bits per heavy atom. The highest BCUT2D eigenvalue weighted by molar-refractivity contribution is 6.05. The first-order chi connectivity index (χ1) is 15.6. The maximum absolute atomic E-state index is 13.4. The summed E-state index contributed by atoms with van der Waals surface area (Å²) in [4.78, 5) is 36.9. The lowest BCUT2D eigenvalue weighted by Crippen LogP contribution is -2.31. The van der Waals surface area contributed by atoms with Crippen LogP contribution in [0.3, 0.4) is 0 Å². The van der Waals surface area contributed by atoms with Crippen molar-refractivity contribution in [2.75, 3.05) is 10.2 Å². The predicted molar refractivity (Wildman–Crippen MR) is 123 cm³/mol. The number of aryl methyl sites for hydroxylation is 1. The molecule has 0 aliphatic carbocycles. The fraction of sp³-hybridized carbons (Fsp3) is 0.200. The van der Waals surface area contributed by atoms with Gasteiger partial charge in [0.1, 0.15) is 6.04 Å². The van der Waals surface area contributed by atoms with Gasteiger partial charge in [0.15, 0.2) is 0 Å². The molecular formula is C25H23N5O2. The average molecular weight is 425 g/mol. The number of nitrogens with one attached hydrogen (secondary N) is 1. The van der Waals surface area contributed by atoms with Gasteiger partial charge >= 0.3 is 0 Å². The van der Waals surface area contributed by atoms with Gasteiger partial charge in [-0.25, -0.2) is 4.98 Å². The zero-order valence-corrected chi connectivity index (χ0v) is 17.7. The minimum absolute atomic E-state index is 0.0282. The van der Waals surface area contributed by atoms with Crippen LogP contribution < -0.4 is 10.2 Å². The van der Waals surface area contributed by atoms with E-state index >= 15 is 0 Å². The summed E-state index contributed by atoms with van der Waals surface area (Å²) < 4.78 is 1.88. The summed E-state index contributed by atoms with van der Waals surface area (Å²) in [6.45, 7) is 2.39. The molecule has 2 aromatic carbocycles. The minimum Gasteiger partial charge on any atom is -0.326 e. The van der Waals surface area contributed by atoms with Crippen molar-refractivity contribution in [3.05, 3.63) is 84.2 Å². The number of imidazole rings is 1. The van der Waals surface area contributed by atoms with Crippen molar-refractivity contribution in [3.8, 4) is 0 Å². The number of pyridine rings is 1. The Balaban J connectivity index is 1.44. The van der Waals surface area contributed by atoms with Gasteiger partial charge in [0, 0.05) is 11.9 Å². The van der Waals surface area contributed by atoms with E-state index in [0.717, 1.165) is 28.8 Å². The van der Waals surface area contributed by atoms with Crippen LogP contribution in [0.5, 0.6) is 0 Å². The number of carbonyl (C=O) groups is 2. The van der Waals surface area contributed by atoms with Crippen LogP contribution in [-0.2, 0) is 22.6 Å². The topological polar surface area (TPSA) is 80.1 Å². The smallest absolute Gasteiger partial charge is 0.253 e. The summed E-state index contributed by atoms with van der Waals surface area (Å²) in [5, 5.41) is 2.92. The van der Waals surface area contributed by atoms with Gasteiger partial charge in [-0.05, 0) is 48.4 Å². The maximum atomic E-state index is 13.4. The number of hydrogen-bond acceptors (Lipinski definition) is 4. The van der Waals surface area contributed by atoms with Crippen LogP contribution in [0.25, 0.3) is 11.0 Å². The van der Waals surface area contributed by atoms with E-state index in [1.54, 1.807) is 11.1 Å². The Morgan fingerprint density at radius 2 is 1.81 bits per heavy atom. The van der Waals surface area contributed by atoms with Gasteiger partial charge in [-0.1, -0.05) is 37.3 Å². The molecule has 160 valence electrons. The third kappa shape index (κ3) is 3.62. The second kappa shape index (κ2) is 8.26. The number of carbonyl (C=O) groups excluding carboxylic acids is 2. The Bertz CT molecular complexity index is 1280. The molecule has 0 radical (unpaired) electrons. The van der Waals surface area contributed by atoms with E-state index in [1.165, 1.54) is 5.56 Å². The SMILES string of the molecule is CCc1ccc(NC(=O)C[C@H]2C(=O)N(Cc3ccccn3)c3nc4ccccc4n32)cc1. The van der Waals surface area contributed by atoms with Gasteiger partial charge in [-0.2, -0.15) is 0 Å². The molecule has 7 heteroatoms. The van der Waals surface area contributed by atoms with E-state index in [4.69, 9.17) is 4.98 Å². The molecule has 0 fully saturated rings. The fourth-order valence-electron chi connectivity index (χ4n) is 4.11. The van der Waals surface area contributed by atoms with Gasteiger partial charge in [0.25, 0.3) is 5.91 Å². The van der Waals surface area contributed by atoms with Crippen LogP contribution in [-0.4, -0.2) is 26.3 Å². The van der Waals surface area contributed by atoms with Gasteiger partial charge in [0.05, 0.1) is 29.7 Å². The largest absolute Gasteiger partial charge is 0.326 e. The van der Waals surface area contributed by atoms with E-state index < -0.39 is 6.04 Å². The van der Waals surface area contributed by atoms with Crippen molar-refractivity contribution >= 4 is 34.5 Å². The first kappa shape index (κ1) is 19.9. The molecule has 1 N–H and O–H groups in total. The summed E-state index contributed by atoms with van der Waals surface area (Å²) in [6, 6.07) is 20.4. The molecule has 32 heavy (non-hydrogen) atoms. The van der Waals surface area contributed by atoms with E-state index in [9.17, 15) is 9.59 Å². The second-order valence-corrected chi connectivity index (χ2v) is 7.83. The van der Waals surface area contributed by atoms with Crippen molar-refractivity contribution in [2.24, 2.45) is 0 Å². The van der Waals surface area contributed by atoms with Gasteiger partial charge in [0.2, 0.25) is 11.9 Å². The monoisotopic (exact) mass is 425 g/mol. The lowest BCUT2D eigenvalue weighted by Gasteiger charge is -2.15. The number of nitrogens with zero attached hydrogens (tertiary/aromatic N) is 4. The Hall–Kier alpha value is -4.00. The first-order valence-corrected chi connectivity index (χ1v) is 10.7. The Morgan fingerprint density at radius 1 is 1.03 bits per heavy atom. The van der Waals surface area contributed by atoms with E-state index in [0.29, 0.717) is 12.5 Å². The maximum Gasteiger partial charge on any atom is 0.253 e. The highest BCUT2D eigenvalue weighted by Crippen LogP contribution is 2.37. The molecule has 0 saturated heterocycles. The van der Waals surface area contributed by atoms with Crippen LogP contribution in [0.15, 0.2) is 72.9 Å². The zero-order chi connectivity index (χ0) is 22.1. The van der Waals surface area contributed by atoms with Crippen molar-refractivity contribution in [1.82, 2.24) is 14.5 Å². The second-order valence-electron chi connectivity index (χ2n) is 7.83. The lowest BCUT2D eigenvalue weighted by atomic mass is 10.1. The van der Waals surface area contributed by atoms with Gasteiger partial charge in [-0.3, -0.25) is 24.0 Å². The minimum atomic E-state index is -0.656. The number of aromatic nitrogens is 3. The average Bonchev–Trinajstić information content (AvgIpc) is 3.31. The highest BCUT2D eigenvalue weighted by Gasteiger charge is 2.41. The summed E-state index contributed by atoms with van der Waals surface area (Å²) in [5.41, 5.74) is 4.32. The molecular weight excluding hydrogens is 402 g/mol. The standard InChI is InChI=1S/C25H23N5O2/c1-2-17-10-12-18(13-11-17)27-23(31)15-22-24(32)29(16-19-7-5-6-14-26-19)25-28-20-8-3-4-9-21(20)30(22)25/h3-14,22H,2,15-16H2,1H3,(H,27,31)/t22-/m0/s1. The molecule has 1 atom stereocenters. The molecule has 3 heterocycles. The van der Waals surface area contributed by atoms with Crippen molar-refractivity contribution in [3.63, 3.8) is 0 Å². The van der Waals surface area contributed by atoms with E-state index in [1.807, 2.05) is 71.3 Å². The van der Waals surface area contributed by atoms with Crippen LogP contribution in [0.1, 0.15) is 30.6 Å². The summed E-state index contributed by atoms with van der Waals surface area (Å²) >= 11 is 0. The molecule has 7 nitrogen and oxygen atoms in total.